The van der Waals surface area contributed by atoms with Gasteiger partial charge < -0.3 is 10.2 Å². The van der Waals surface area contributed by atoms with Gasteiger partial charge in [0.2, 0.25) is 11.8 Å². The van der Waals surface area contributed by atoms with E-state index in [2.05, 4.69) is 5.32 Å². The number of aryl methyl sites for hydroxylation is 2. The minimum absolute atomic E-state index is 0.0912. The van der Waals surface area contributed by atoms with E-state index in [-0.39, 0.29) is 18.2 Å². The second kappa shape index (κ2) is 8.67. The Labute approximate surface area is 153 Å². The Morgan fingerprint density at radius 2 is 1.76 bits per heavy atom. The van der Waals surface area contributed by atoms with Crippen molar-refractivity contribution in [3.05, 3.63) is 64.2 Å². The molecule has 0 aliphatic heterocycles. The Bertz CT molecular complexity index is 757. The fraction of sp³-hybridized carbons (Fsp3) is 0.300. The van der Waals surface area contributed by atoms with Crippen LogP contribution < -0.4 is 10.2 Å². The molecule has 25 heavy (non-hydrogen) atoms. The summed E-state index contributed by atoms with van der Waals surface area (Å²) in [6.07, 6.45) is 0.234. The maximum Gasteiger partial charge on any atom is 0.223 e. The summed E-state index contributed by atoms with van der Waals surface area (Å²) in [5.41, 5.74) is 3.92. The minimum atomic E-state index is -0.114. The lowest BCUT2D eigenvalue weighted by Crippen LogP contribution is -2.34. The molecule has 0 aromatic heterocycles. The molecule has 4 nitrogen and oxygen atoms in total. The van der Waals surface area contributed by atoms with Crippen LogP contribution in [-0.2, 0) is 16.1 Å². The van der Waals surface area contributed by atoms with Crippen molar-refractivity contribution < 1.29 is 9.59 Å². The number of hydrogen-bond acceptors (Lipinski definition) is 2. The summed E-state index contributed by atoms with van der Waals surface area (Å²) in [7, 11) is 0. The fourth-order valence-corrected chi connectivity index (χ4v) is 2.70. The quantitative estimate of drug-likeness (QED) is 0.848. The molecule has 0 radical (unpaired) electrons. The van der Waals surface area contributed by atoms with Gasteiger partial charge >= 0.3 is 0 Å². The first-order valence-electron chi connectivity index (χ1n) is 8.23. The van der Waals surface area contributed by atoms with Crippen molar-refractivity contribution in [3.63, 3.8) is 0 Å². The summed E-state index contributed by atoms with van der Waals surface area (Å²) in [6, 6.07) is 13.4. The van der Waals surface area contributed by atoms with E-state index in [1.165, 1.54) is 12.5 Å². The first kappa shape index (κ1) is 19.0. The van der Waals surface area contributed by atoms with Gasteiger partial charge in [0.15, 0.2) is 0 Å². The molecule has 132 valence electrons. The van der Waals surface area contributed by atoms with Crippen molar-refractivity contribution in [2.45, 2.75) is 33.7 Å². The van der Waals surface area contributed by atoms with Crippen LogP contribution >= 0.6 is 11.6 Å². The van der Waals surface area contributed by atoms with Crippen molar-refractivity contribution in [2.75, 3.05) is 11.4 Å². The van der Waals surface area contributed by atoms with Crippen LogP contribution in [0.3, 0.4) is 0 Å². The second-order valence-corrected chi connectivity index (χ2v) is 6.55. The maximum absolute atomic E-state index is 12.1. The van der Waals surface area contributed by atoms with Crippen molar-refractivity contribution in [1.29, 1.82) is 0 Å². The smallest absolute Gasteiger partial charge is 0.223 e. The molecule has 2 rings (SSSR count). The molecular weight excluding hydrogens is 336 g/mol. The summed E-state index contributed by atoms with van der Waals surface area (Å²) in [4.78, 5) is 25.7. The summed E-state index contributed by atoms with van der Waals surface area (Å²) in [5.74, 6) is -0.205. The molecule has 0 heterocycles. The molecule has 0 aliphatic rings. The highest BCUT2D eigenvalue weighted by Gasteiger charge is 2.15. The third kappa shape index (κ3) is 5.61. The SMILES string of the molecule is CC(=O)N(CCC(=O)NCc1ccc(C)cc1)c1cc(Cl)ccc1C. The van der Waals surface area contributed by atoms with Crippen LogP contribution in [0, 0.1) is 13.8 Å². The van der Waals surface area contributed by atoms with Gasteiger partial charge in [0.05, 0.1) is 0 Å². The van der Waals surface area contributed by atoms with E-state index in [1.54, 1.807) is 17.0 Å². The Morgan fingerprint density at radius 1 is 1.08 bits per heavy atom. The number of benzene rings is 2. The van der Waals surface area contributed by atoms with Crippen LogP contribution in [0.5, 0.6) is 0 Å². The standard InChI is InChI=1S/C20H23ClN2O2/c1-14-4-7-17(8-5-14)13-22-20(25)10-11-23(16(3)24)19-12-18(21)9-6-15(19)2/h4-9,12H,10-11,13H2,1-3H3,(H,22,25). The number of carbonyl (C=O) groups excluding carboxylic acids is 2. The maximum atomic E-state index is 12.1. The van der Waals surface area contributed by atoms with Gasteiger partial charge in [-0.3, -0.25) is 9.59 Å². The van der Waals surface area contributed by atoms with E-state index in [0.717, 1.165) is 16.8 Å². The summed E-state index contributed by atoms with van der Waals surface area (Å²) in [6.45, 7) is 6.23. The van der Waals surface area contributed by atoms with Gasteiger partial charge in [-0.25, -0.2) is 0 Å². The van der Waals surface area contributed by atoms with Gasteiger partial charge in [0.1, 0.15) is 0 Å². The number of hydrogen-bond donors (Lipinski definition) is 1. The van der Waals surface area contributed by atoms with Crippen LogP contribution in [-0.4, -0.2) is 18.4 Å². The molecule has 0 fully saturated rings. The molecule has 0 aliphatic carbocycles. The van der Waals surface area contributed by atoms with Crippen LogP contribution in [0.1, 0.15) is 30.0 Å². The first-order valence-corrected chi connectivity index (χ1v) is 8.61. The van der Waals surface area contributed by atoms with Gasteiger partial charge in [-0.15, -0.1) is 0 Å². The number of anilines is 1. The zero-order chi connectivity index (χ0) is 18.4. The number of nitrogens with one attached hydrogen (secondary N) is 1. The average molecular weight is 359 g/mol. The van der Waals surface area contributed by atoms with E-state index in [4.69, 9.17) is 11.6 Å². The van der Waals surface area contributed by atoms with Crippen molar-refractivity contribution in [2.24, 2.45) is 0 Å². The molecule has 5 heteroatoms. The Morgan fingerprint density at radius 3 is 2.40 bits per heavy atom. The zero-order valence-electron chi connectivity index (χ0n) is 14.8. The van der Waals surface area contributed by atoms with E-state index >= 15 is 0 Å². The molecule has 2 aromatic carbocycles. The van der Waals surface area contributed by atoms with E-state index < -0.39 is 0 Å². The average Bonchev–Trinajstić information content (AvgIpc) is 2.57. The number of carbonyl (C=O) groups is 2. The molecule has 0 unspecified atom stereocenters. The van der Waals surface area contributed by atoms with E-state index in [9.17, 15) is 9.59 Å². The lowest BCUT2D eigenvalue weighted by Gasteiger charge is -2.23. The summed E-state index contributed by atoms with van der Waals surface area (Å²) < 4.78 is 0. The molecule has 2 aromatic rings. The van der Waals surface area contributed by atoms with Crippen molar-refractivity contribution in [1.82, 2.24) is 5.32 Å². The fourth-order valence-electron chi connectivity index (χ4n) is 2.53. The predicted octanol–water partition coefficient (Wildman–Crippen LogP) is 4.02. The third-order valence-electron chi connectivity index (χ3n) is 4.01. The van der Waals surface area contributed by atoms with Gasteiger partial charge in [-0.05, 0) is 37.1 Å². The topological polar surface area (TPSA) is 49.4 Å². The molecule has 2 amide bonds. The summed E-state index contributed by atoms with van der Waals surface area (Å²) >= 11 is 6.04. The Kier molecular flexibility index (Phi) is 6.59. The molecule has 0 saturated carbocycles. The van der Waals surface area contributed by atoms with E-state index in [0.29, 0.717) is 18.1 Å². The number of halogens is 1. The Hall–Kier alpha value is -2.33. The predicted molar refractivity (Wildman–Crippen MR) is 102 cm³/mol. The largest absolute Gasteiger partial charge is 0.352 e. The molecular formula is C20H23ClN2O2. The van der Waals surface area contributed by atoms with Gasteiger partial charge in [-0.1, -0.05) is 47.5 Å². The highest BCUT2D eigenvalue weighted by molar-refractivity contribution is 6.31. The van der Waals surface area contributed by atoms with Crippen LogP contribution in [0.4, 0.5) is 5.69 Å². The highest BCUT2D eigenvalue weighted by atomic mass is 35.5. The minimum Gasteiger partial charge on any atom is -0.352 e. The Balaban J connectivity index is 1.94. The van der Waals surface area contributed by atoms with E-state index in [1.807, 2.05) is 44.2 Å². The molecule has 0 bridgehead atoms. The molecule has 1 N–H and O–H groups in total. The van der Waals surface area contributed by atoms with Gasteiger partial charge in [0.25, 0.3) is 0 Å². The lowest BCUT2D eigenvalue weighted by molar-refractivity contribution is -0.121. The number of rotatable bonds is 6. The van der Waals surface area contributed by atoms with Crippen molar-refractivity contribution in [3.8, 4) is 0 Å². The normalized spacial score (nSPS) is 10.4. The van der Waals surface area contributed by atoms with Gasteiger partial charge in [0, 0.05) is 37.1 Å². The molecule has 0 atom stereocenters. The first-order chi connectivity index (χ1) is 11.9. The second-order valence-electron chi connectivity index (χ2n) is 6.11. The van der Waals surface area contributed by atoms with Crippen LogP contribution in [0.15, 0.2) is 42.5 Å². The highest BCUT2D eigenvalue weighted by Crippen LogP contribution is 2.24. The third-order valence-corrected chi connectivity index (χ3v) is 4.25. The lowest BCUT2D eigenvalue weighted by atomic mass is 10.1. The van der Waals surface area contributed by atoms with Gasteiger partial charge in [-0.2, -0.15) is 0 Å². The van der Waals surface area contributed by atoms with Crippen LogP contribution in [0.2, 0.25) is 5.02 Å². The summed E-state index contributed by atoms with van der Waals surface area (Å²) in [5, 5.41) is 3.45. The monoisotopic (exact) mass is 358 g/mol. The molecule has 0 spiro atoms. The molecule has 0 saturated heterocycles. The zero-order valence-corrected chi connectivity index (χ0v) is 15.6. The number of nitrogens with zero attached hydrogens (tertiary/aromatic N) is 1. The van der Waals surface area contributed by atoms with Crippen molar-refractivity contribution >= 4 is 29.1 Å². The van der Waals surface area contributed by atoms with Crippen LogP contribution in [0.25, 0.3) is 0 Å². The number of amides is 2.